The van der Waals surface area contributed by atoms with E-state index in [0.29, 0.717) is 37.6 Å². The van der Waals surface area contributed by atoms with Crippen LogP contribution in [0.1, 0.15) is 49.9 Å². The average molecular weight is 367 g/mol. The topological polar surface area (TPSA) is 68.2 Å². The Balaban J connectivity index is 2.01. The first-order chi connectivity index (χ1) is 12.2. The lowest BCUT2D eigenvalue weighted by Crippen LogP contribution is -2.46. The predicted molar refractivity (Wildman–Crippen MR) is 94.0 cm³/mol. The minimum atomic E-state index is -1.18. The Hall–Kier alpha value is -1.70. The van der Waals surface area contributed by atoms with Crippen molar-refractivity contribution in [1.29, 1.82) is 0 Å². The van der Waals surface area contributed by atoms with E-state index < -0.39 is 18.1 Å². The van der Waals surface area contributed by atoms with Gasteiger partial charge in [-0.3, -0.25) is 0 Å². The SMILES string of the molecule is C[C@@H]1CN(c2c(F)cc(C(=O)O)cc2C2OCC(C)(C)CO2)C[C@@H](C)O1. The summed E-state index contributed by atoms with van der Waals surface area (Å²) < 4.78 is 32.3. The van der Waals surface area contributed by atoms with Gasteiger partial charge in [0.25, 0.3) is 0 Å². The maximum absolute atomic E-state index is 15.0. The van der Waals surface area contributed by atoms with E-state index in [4.69, 9.17) is 14.2 Å². The number of morpholine rings is 1. The molecule has 2 fully saturated rings. The quantitative estimate of drug-likeness (QED) is 0.885. The molecule has 1 aromatic carbocycles. The van der Waals surface area contributed by atoms with Gasteiger partial charge in [-0.2, -0.15) is 0 Å². The van der Waals surface area contributed by atoms with Crippen LogP contribution in [0.3, 0.4) is 0 Å². The number of aromatic carboxylic acids is 1. The van der Waals surface area contributed by atoms with Crippen molar-refractivity contribution >= 4 is 11.7 Å². The molecule has 6 nitrogen and oxygen atoms in total. The van der Waals surface area contributed by atoms with Gasteiger partial charge in [0, 0.05) is 24.1 Å². The van der Waals surface area contributed by atoms with Gasteiger partial charge in [-0.05, 0) is 26.0 Å². The van der Waals surface area contributed by atoms with Crippen LogP contribution in [0.25, 0.3) is 0 Å². The molecule has 7 heteroatoms. The first kappa shape index (κ1) is 19.1. The highest BCUT2D eigenvalue weighted by atomic mass is 19.1. The van der Waals surface area contributed by atoms with Gasteiger partial charge in [-0.1, -0.05) is 13.8 Å². The number of hydrogen-bond acceptors (Lipinski definition) is 5. The molecule has 2 aliphatic heterocycles. The maximum atomic E-state index is 15.0. The van der Waals surface area contributed by atoms with Crippen LogP contribution in [0.5, 0.6) is 0 Å². The molecular weight excluding hydrogens is 341 g/mol. The van der Waals surface area contributed by atoms with Gasteiger partial charge in [-0.15, -0.1) is 0 Å². The summed E-state index contributed by atoms with van der Waals surface area (Å²) >= 11 is 0. The molecule has 0 aliphatic carbocycles. The van der Waals surface area contributed by atoms with Crippen LogP contribution in [0, 0.1) is 11.2 Å². The van der Waals surface area contributed by atoms with E-state index >= 15 is 0 Å². The fourth-order valence-corrected chi connectivity index (χ4v) is 3.49. The van der Waals surface area contributed by atoms with E-state index in [1.807, 2.05) is 32.6 Å². The number of carboxylic acids is 1. The van der Waals surface area contributed by atoms with Gasteiger partial charge in [0.2, 0.25) is 0 Å². The number of anilines is 1. The highest BCUT2D eigenvalue weighted by molar-refractivity contribution is 5.88. The zero-order valence-electron chi connectivity index (χ0n) is 15.6. The molecule has 0 bridgehead atoms. The fourth-order valence-electron chi connectivity index (χ4n) is 3.49. The summed E-state index contributed by atoms with van der Waals surface area (Å²) in [5, 5.41) is 9.32. The number of halogens is 1. The van der Waals surface area contributed by atoms with E-state index in [0.717, 1.165) is 6.07 Å². The van der Waals surface area contributed by atoms with Crippen molar-refractivity contribution in [3.63, 3.8) is 0 Å². The van der Waals surface area contributed by atoms with Crippen LogP contribution in [0.2, 0.25) is 0 Å². The molecule has 3 rings (SSSR count). The van der Waals surface area contributed by atoms with E-state index in [1.165, 1.54) is 6.07 Å². The zero-order chi connectivity index (χ0) is 19.1. The van der Waals surface area contributed by atoms with Gasteiger partial charge in [0.1, 0.15) is 5.82 Å². The molecule has 0 amide bonds. The molecule has 2 heterocycles. The highest BCUT2D eigenvalue weighted by Crippen LogP contribution is 2.38. The molecule has 0 aromatic heterocycles. The Morgan fingerprint density at radius 3 is 2.31 bits per heavy atom. The van der Waals surface area contributed by atoms with Crippen LogP contribution in [-0.4, -0.2) is 49.6 Å². The normalized spacial score (nSPS) is 26.7. The summed E-state index contributed by atoms with van der Waals surface area (Å²) in [6.45, 7) is 9.83. The molecule has 1 N–H and O–H groups in total. The lowest BCUT2D eigenvalue weighted by atomic mass is 9.95. The van der Waals surface area contributed by atoms with Crippen LogP contribution >= 0.6 is 0 Å². The smallest absolute Gasteiger partial charge is 0.335 e. The minimum Gasteiger partial charge on any atom is -0.478 e. The minimum absolute atomic E-state index is 0.0581. The lowest BCUT2D eigenvalue weighted by molar-refractivity contribution is -0.226. The number of carboxylic acid groups (broad SMARTS) is 1. The van der Waals surface area contributed by atoms with Crippen LogP contribution in [-0.2, 0) is 14.2 Å². The molecular formula is C19H26FNO5. The molecule has 1 aromatic rings. The summed E-state index contributed by atoms with van der Waals surface area (Å²) in [4.78, 5) is 13.3. The average Bonchev–Trinajstić information content (AvgIpc) is 2.53. The van der Waals surface area contributed by atoms with Gasteiger partial charge in [0.15, 0.2) is 6.29 Å². The molecule has 144 valence electrons. The Kier molecular flexibility index (Phi) is 5.23. The second kappa shape index (κ2) is 7.13. The van der Waals surface area contributed by atoms with Crippen molar-refractivity contribution in [2.24, 2.45) is 5.41 Å². The number of rotatable bonds is 3. The third-order valence-corrected chi connectivity index (χ3v) is 4.58. The standard InChI is InChI=1S/C19H26FNO5/c1-11-7-21(8-12(2)26-11)16-14(5-13(17(22)23)6-15(16)20)18-24-9-19(3,4)10-25-18/h5-6,11-12,18H,7-10H2,1-4H3,(H,22,23)/t11-,12-/m1/s1. The molecule has 2 saturated heterocycles. The van der Waals surface area contributed by atoms with E-state index in [1.54, 1.807) is 0 Å². The third-order valence-electron chi connectivity index (χ3n) is 4.58. The van der Waals surface area contributed by atoms with Crippen LogP contribution in [0.15, 0.2) is 12.1 Å². The third kappa shape index (κ3) is 4.00. The molecule has 26 heavy (non-hydrogen) atoms. The Morgan fingerprint density at radius 1 is 1.19 bits per heavy atom. The Morgan fingerprint density at radius 2 is 1.77 bits per heavy atom. The van der Waals surface area contributed by atoms with Crippen molar-refractivity contribution in [2.75, 3.05) is 31.2 Å². The molecule has 2 atom stereocenters. The summed E-state index contributed by atoms with van der Waals surface area (Å²) in [7, 11) is 0. The summed E-state index contributed by atoms with van der Waals surface area (Å²) in [6.07, 6.45) is -0.908. The molecule has 0 unspecified atom stereocenters. The number of benzene rings is 1. The van der Waals surface area contributed by atoms with Gasteiger partial charge in [0.05, 0.1) is 36.7 Å². The predicted octanol–water partition coefficient (Wildman–Crippen LogP) is 3.21. The van der Waals surface area contributed by atoms with Gasteiger partial charge < -0.3 is 24.2 Å². The Labute approximate surface area is 152 Å². The van der Waals surface area contributed by atoms with Gasteiger partial charge >= 0.3 is 5.97 Å². The maximum Gasteiger partial charge on any atom is 0.335 e. The molecule has 0 saturated carbocycles. The second-order valence-electron chi connectivity index (χ2n) is 7.98. The highest BCUT2D eigenvalue weighted by Gasteiger charge is 2.34. The fraction of sp³-hybridized carbons (Fsp3) is 0.632. The second-order valence-corrected chi connectivity index (χ2v) is 7.98. The molecule has 0 radical (unpaired) electrons. The van der Waals surface area contributed by atoms with Crippen molar-refractivity contribution < 1.29 is 28.5 Å². The van der Waals surface area contributed by atoms with E-state index in [2.05, 4.69) is 0 Å². The monoisotopic (exact) mass is 367 g/mol. The van der Waals surface area contributed by atoms with Crippen molar-refractivity contribution in [2.45, 2.75) is 46.2 Å². The number of nitrogens with zero attached hydrogens (tertiary/aromatic N) is 1. The first-order valence-corrected chi connectivity index (χ1v) is 8.86. The van der Waals surface area contributed by atoms with E-state index in [9.17, 15) is 14.3 Å². The van der Waals surface area contributed by atoms with Crippen LogP contribution < -0.4 is 4.90 Å². The van der Waals surface area contributed by atoms with E-state index in [-0.39, 0.29) is 23.2 Å². The number of hydrogen-bond donors (Lipinski definition) is 1. The first-order valence-electron chi connectivity index (χ1n) is 8.86. The molecule has 2 aliphatic rings. The van der Waals surface area contributed by atoms with Crippen molar-refractivity contribution in [1.82, 2.24) is 0 Å². The number of ether oxygens (including phenoxy) is 3. The summed E-state index contributed by atoms with van der Waals surface area (Å²) in [5.41, 5.74) is 0.496. The summed E-state index contributed by atoms with van der Waals surface area (Å²) in [6, 6.07) is 2.51. The zero-order valence-corrected chi connectivity index (χ0v) is 15.6. The number of carbonyl (C=O) groups is 1. The van der Waals surface area contributed by atoms with Crippen molar-refractivity contribution in [3.05, 3.63) is 29.1 Å². The summed E-state index contributed by atoms with van der Waals surface area (Å²) in [5.74, 6) is -1.77. The van der Waals surface area contributed by atoms with Crippen LogP contribution in [0.4, 0.5) is 10.1 Å². The van der Waals surface area contributed by atoms with Gasteiger partial charge in [-0.25, -0.2) is 9.18 Å². The molecule has 0 spiro atoms. The lowest BCUT2D eigenvalue weighted by Gasteiger charge is -2.40. The largest absolute Gasteiger partial charge is 0.478 e. The Bertz CT molecular complexity index is 673. The van der Waals surface area contributed by atoms with Crippen molar-refractivity contribution in [3.8, 4) is 0 Å².